The van der Waals surface area contributed by atoms with Gasteiger partial charge in [0.1, 0.15) is 12.2 Å². The molecule has 0 N–H and O–H groups in total. The van der Waals surface area contributed by atoms with Crippen molar-refractivity contribution in [3.63, 3.8) is 0 Å². The van der Waals surface area contributed by atoms with Crippen LogP contribution in [-0.2, 0) is 18.9 Å². The van der Waals surface area contributed by atoms with Crippen LogP contribution in [-0.4, -0.2) is 36.5 Å². The Morgan fingerprint density at radius 2 is 1.79 bits per heavy atom. The van der Waals surface area contributed by atoms with Crippen LogP contribution in [0.5, 0.6) is 0 Å². The highest BCUT2D eigenvalue weighted by Gasteiger charge is 2.59. The molecule has 0 bridgehead atoms. The average Bonchev–Trinajstić information content (AvgIpc) is 3.05. The number of hydrogen-bond donors (Lipinski definition) is 0. The van der Waals surface area contributed by atoms with Crippen LogP contribution in [0.25, 0.3) is 0 Å². The van der Waals surface area contributed by atoms with Gasteiger partial charge in [0.25, 0.3) is 0 Å². The smallest absolute Gasteiger partial charge is 0.190 e. The SMILES string of the molecule is CCCC[C@H]1C[C@@H](c2ccccc2)[C@H]2O[C@@H]3OC(C)(C)O[C@@H]3[C@H]2O1. The summed E-state index contributed by atoms with van der Waals surface area (Å²) in [5.74, 6) is -0.254. The second-order valence-electron chi connectivity index (χ2n) is 7.69. The second-order valence-corrected chi connectivity index (χ2v) is 7.69. The largest absolute Gasteiger partial charge is 0.369 e. The summed E-state index contributed by atoms with van der Waals surface area (Å²) >= 11 is 0. The summed E-state index contributed by atoms with van der Waals surface area (Å²) in [4.78, 5) is 0. The van der Waals surface area contributed by atoms with Crippen LogP contribution in [0, 0.1) is 0 Å². The van der Waals surface area contributed by atoms with Gasteiger partial charge in [0, 0.05) is 5.92 Å². The second kappa shape index (κ2) is 6.41. The molecule has 3 fully saturated rings. The summed E-state index contributed by atoms with van der Waals surface area (Å²) < 4.78 is 24.8. The molecule has 1 aromatic rings. The van der Waals surface area contributed by atoms with Crippen molar-refractivity contribution >= 4 is 0 Å². The fraction of sp³-hybridized carbons (Fsp3) is 0.700. The van der Waals surface area contributed by atoms with E-state index in [0.717, 1.165) is 12.8 Å². The molecule has 3 aliphatic rings. The lowest BCUT2D eigenvalue weighted by Gasteiger charge is -2.40. The molecule has 3 saturated heterocycles. The third-order valence-corrected chi connectivity index (χ3v) is 5.40. The maximum Gasteiger partial charge on any atom is 0.190 e. The summed E-state index contributed by atoms with van der Waals surface area (Å²) in [5, 5.41) is 0. The summed E-state index contributed by atoms with van der Waals surface area (Å²) in [5.41, 5.74) is 1.33. The molecule has 132 valence electrons. The third kappa shape index (κ3) is 3.01. The summed E-state index contributed by atoms with van der Waals surface area (Å²) in [6.07, 6.45) is 4.30. The fourth-order valence-electron chi connectivity index (χ4n) is 4.32. The minimum atomic E-state index is -0.595. The van der Waals surface area contributed by atoms with Crippen molar-refractivity contribution in [2.24, 2.45) is 0 Å². The van der Waals surface area contributed by atoms with E-state index in [9.17, 15) is 0 Å². The van der Waals surface area contributed by atoms with E-state index in [1.165, 1.54) is 18.4 Å². The first-order chi connectivity index (χ1) is 11.6. The molecule has 4 heteroatoms. The van der Waals surface area contributed by atoms with Crippen LogP contribution in [0.2, 0.25) is 0 Å². The zero-order chi connectivity index (χ0) is 16.7. The number of rotatable bonds is 4. The van der Waals surface area contributed by atoms with Gasteiger partial charge in [-0.25, -0.2) is 0 Å². The number of fused-ring (bicyclic) bond motifs is 3. The summed E-state index contributed by atoms with van der Waals surface area (Å²) in [7, 11) is 0. The molecule has 0 unspecified atom stereocenters. The first-order valence-electron chi connectivity index (χ1n) is 9.29. The lowest BCUT2D eigenvalue weighted by atomic mass is 9.82. The molecule has 0 amide bonds. The van der Waals surface area contributed by atoms with Crippen molar-refractivity contribution in [1.82, 2.24) is 0 Å². The molecule has 24 heavy (non-hydrogen) atoms. The Morgan fingerprint density at radius 3 is 2.54 bits per heavy atom. The predicted molar refractivity (Wildman–Crippen MR) is 90.7 cm³/mol. The molecule has 4 nitrogen and oxygen atoms in total. The van der Waals surface area contributed by atoms with Crippen LogP contribution in [0.15, 0.2) is 30.3 Å². The van der Waals surface area contributed by atoms with E-state index in [1.54, 1.807) is 0 Å². The normalized spacial score (nSPS) is 40.3. The van der Waals surface area contributed by atoms with E-state index < -0.39 is 5.79 Å². The van der Waals surface area contributed by atoms with E-state index in [1.807, 2.05) is 13.8 Å². The third-order valence-electron chi connectivity index (χ3n) is 5.40. The maximum absolute atomic E-state index is 6.44. The number of unbranched alkanes of at least 4 members (excludes halogenated alkanes) is 1. The number of ether oxygens (including phenoxy) is 4. The minimum Gasteiger partial charge on any atom is -0.369 e. The minimum absolute atomic E-state index is 0.0105. The van der Waals surface area contributed by atoms with Gasteiger partial charge in [-0.1, -0.05) is 50.1 Å². The van der Waals surface area contributed by atoms with E-state index in [0.29, 0.717) is 5.92 Å². The number of hydrogen-bond acceptors (Lipinski definition) is 4. The standard InChI is InChI=1S/C20H28O4/c1-4-5-11-14-12-15(13-9-7-6-8-10-13)16-17(21-14)18-19(22-16)24-20(2,3)23-18/h6-10,14-19H,4-5,11-12H2,1-3H3/t14-,15-,16+,17-,18+,19+/m0/s1. The van der Waals surface area contributed by atoms with Gasteiger partial charge in [0.15, 0.2) is 12.1 Å². The van der Waals surface area contributed by atoms with Gasteiger partial charge in [-0.15, -0.1) is 0 Å². The lowest BCUT2D eigenvalue weighted by molar-refractivity contribution is -0.234. The molecule has 0 radical (unpaired) electrons. The zero-order valence-corrected chi connectivity index (χ0v) is 14.8. The van der Waals surface area contributed by atoms with Crippen LogP contribution in [0.4, 0.5) is 0 Å². The molecular weight excluding hydrogens is 304 g/mol. The van der Waals surface area contributed by atoms with E-state index in [2.05, 4.69) is 37.3 Å². The summed E-state index contributed by atoms with van der Waals surface area (Å²) in [6.45, 7) is 6.11. The monoisotopic (exact) mass is 332 g/mol. The molecule has 6 atom stereocenters. The Morgan fingerprint density at radius 1 is 1.00 bits per heavy atom. The Balaban J connectivity index is 1.59. The predicted octanol–water partition coefficient (Wildman–Crippen LogP) is 3.99. The van der Waals surface area contributed by atoms with Crippen molar-refractivity contribution in [3.8, 4) is 0 Å². The Bertz CT molecular complexity index is 558. The maximum atomic E-state index is 6.44. The van der Waals surface area contributed by atoms with Crippen LogP contribution >= 0.6 is 0 Å². The molecule has 1 aromatic carbocycles. The van der Waals surface area contributed by atoms with E-state index in [4.69, 9.17) is 18.9 Å². The van der Waals surface area contributed by atoms with Crippen LogP contribution in [0.1, 0.15) is 57.9 Å². The fourth-order valence-corrected chi connectivity index (χ4v) is 4.32. The number of benzene rings is 1. The Labute approximate surface area is 144 Å². The van der Waals surface area contributed by atoms with E-state index in [-0.39, 0.29) is 30.7 Å². The molecule has 0 spiro atoms. The van der Waals surface area contributed by atoms with Gasteiger partial charge in [-0.3, -0.25) is 0 Å². The van der Waals surface area contributed by atoms with Crippen molar-refractivity contribution in [1.29, 1.82) is 0 Å². The van der Waals surface area contributed by atoms with Crippen molar-refractivity contribution in [2.75, 3.05) is 0 Å². The van der Waals surface area contributed by atoms with Crippen molar-refractivity contribution in [2.45, 2.75) is 88.9 Å². The molecular formula is C20H28O4. The topological polar surface area (TPSA) is 36.9 Å². The highest BCUT2D eigenvalue weighted by molar-refractivity contribution is 5.23. The van der Waals surface area contributed by atoms with Gasteiger partial charge in [0.05, 0.1) is 12.2 Å². The highest BCUT2D eigenvalue weighted by Crippen LogP contribution is 2.47. The first-order valence-corrected chi connectivity index (χ1v) is 9.29. The molecule has 0 aromatic heterocycles. The summed E-state index contributed by atoms with van der Waals surface area (Å²) in [6, 6.07) is 10.7. The van der Waals surface area contributed by atoms with Gasteiger partial charge < -0.3 is 18.9 Å². The molecule has 0 saturated carbocycles. The van der Waals surface area contributed by atoms with Gasteiger partial charge >= 0.3 is 0 Å². The Kier molecular flexibility index (Phi) is 4.42. The van der Waals surface area contributed by atoms with Gasteiger partial charge in [0.2, 0.25) is 0 Å². The Hall–Kier alpha value is -0.940. The molecule has 0 aliphatic carbocycles. The van der Waals surface area contributed by atoms with Crippen molar-refractivity contribution < 1.29 is 18.9 Å². The first kappa shape index (κ1) is 16.5. The molecule has 4 rings (SSSR count). The highest BCUT2D eigenvalue weighted by atomic mass is 16.8. The zero-order valence-electron chi connectivity index (χ0n) is 14.8. The average molecular weight is 332 g/mol. The van der Waals surface area contributed by atoms with Gasteiger partial charge in [-0.05, 0) is 32.3 Å². The molecule has 3 heterocycles. The van der Waals surface area contributed by atoms with Crippen LogP contribution < -0.4 is 0 Å². The van der Waals surface area contributed by atoms with Crippen LogP contribution in [0.3, 0.4) is 0 Å². The quantitative estimate of drug-likeness (QED) is 0.835. The van der Waals surface area contributed by atoms with E-state index >= 15 is 0 Å². The van der Waals surface area contributed by atoms with Gasteiger partial charge in [-0.2, -0.15) is 0 Å². The van der Waals surface area contributed by atoms with Crippen molar-refractivity contribution in [3.05, 3.63) is 35.9 Å². The lowest BCUT2D eigenvalue weighted by Crippen LogP contribution is -2.47. The molecule has 3 aliphatic heterocycles.